The Morgan fingerprint density at radius 1 is 1.21 bits per heavy atom. The molecule has 2 saturated heterocycles. The second-order valence-electron chi connectivity index (χ2n) is 6.99. The van der Waals surface area contributed by atoms with Gasteiger partial charge in [-0.2, -0.15) is 0 Å². The van der Waals surface area contributed by atoms with E-state index < -0.39 is 6.04 Å². The molecule has 0 radical (unpaired) electrons. The molecule has 0 saturated carbocycles. The molecule has 2 aliphatic heterocycles. The number of ether oxygens (including phenoxy) is 1. The first-order valence-electron chi connectivity index (χ1n) is 8.97. The van der Waals surface area contributed by atoms with Gasteiger partial charge in [0.1, 0.15) is 11.9 Å². The molecular weight excluding hydrogens is 307 g/mol. The van der Waals surface area contributed by atoms with Crippen LogP contribution in [0, 0.1) is 11.7 Å². The second kappa shape index (κ2) is 8.08. The molecule has 4 nitrogen and oxygen atoms in total. The van der Waals surface area contributed by atoms with E-state index in [9.17, 15) is 9.18 Å². The minimum absolute atomic E-state index is 0.264. The van der Waals surface area contributed by atoms with E-state index in [0.717, 1.165) is 31.6 Å². The normalized spacial score (nSPS) is 24.0. The predicted molar refractivity (Wildman–Crippen MR) is 91.1 cm³/mol. The maximum atomic E-state index is 13.2. The van der Waals surface area contributed by atoms with E-state index in [0.29, 0.717) is 5.92 Å². The van der Waals surface area contributed by atoms with Crippen LogP contribution >= 0.6 is 0 Å². The molecule has 2 atom stereocenters. The zero-order valence-electron chi connectivity index (χ0n) is 14.4. The third kappa shape index (κ3) is 4.14. The van der Waals surface area contributed by atoms with Crippen molar-refractivity contribution in [3.63, 3.8) is 0 Å². The van der Waals surface area contributed by atoms with Crippen LogP contribution in [-0.4, -0.2) is 55.6 Å². The summed E-state index contributed by atoms with van der Waals surface area (Å²) in [6.07, 6.45) is 5.06. The number of likely N-dealkylation sites (tertiary alicyclic amines) is 2. The van der Waals surface area contributed by atoms with Gasteiger partial charge < -0.3 is 9.64 Å². The predicted octanol–water partition coefficient (Wildman–Crippen LogP) is 2.85. The fraction of sp³-hybridized carbons (Fsp3) is 0.632. The average Bonchev–Trinajstić information content (AvgIpc) is 3.05. The summed E-state index contributed by atoms with van der Waals surface area (Å²) in [4.78, 5) is 17.1. The number of piperidine rings is 1. The Morgan fingerprint density at radius 3 is 2.58 bits per heavy atom. The average molecular weight is 334 g/mol. The van der Waals surface area contributed by atoms with Crippen LogP contribution in [0.3, 0.4) is 0 Å². The molecule has 24 heavy (non-hydrogen) atoms. The summed E-state index contributed by atoms with van der Waals surface area (Å²) in [6, 6.07) is 5.77. The van der Waals surface area contributed by atoms with Crippen molar-refractivity contribution < 1.29 is 13.9 Å². The van der Waals surface area contributed by atoms with Crippen LogP contribution in [0.15, 0.2) is 24.3 Å². The lowest BCUT2D eigenvalue weighted by Gasteiger charge is -2.30. The molecule has 2 fully saturated rings. The van der Waals surface area contributed by atoms with Gasteiger partial charge in [0.2, 0.25) is 0 Å². The number of esters is 1. The lowest BCUT2D eigenvalue weighted by atomic mass is 10.0. The summed E-state index contributed by atoms with van der Waals surface area (Å²) in [5, 5.41) is 0. The number of nitrogens with zero attached hydrogens (tertiary/aromatic N) is 2. The molecular formula is C19H27FN2O2. The minimum Gasteiger partial charge on any atom is -0.468 e. The van der Waals surface area contributed by atoms with Crippen molar-refractivity contribution in [2.45, 2.75) is 31.7 Å². The van der Waals surface area contributed by atoms with E-state index in [1.165, 1.54) is 51.6 Å². The molecule has 0 unspecified atom stereocenters. The van der Waals surface area contributed by atoms with Gasteiger partial charge in [-0.1, -0.05) is 18.6 Å². The van der Waals surface area contributed by atoms with Crippen molar-refractivity contribution in [2.75, 3.05) is 39.8 Å². The first-order chi connectivity index (χ1) is 11.7. The van der Waals surface area contributed by atoms with Gasteiger partial charge in [0.25, 0.3) is 0 Å². The Hall–Kier alpha value is -1.46. The van der Waals surface area contributed by atoms with Crippen molar-refractivity contribution >= 4 is 5.97 Å². The molecule has 0 aliphatic carbocycles. The number of halogens is 1. The summed E-state index contributed by atoms with van der Waals surface area (Å²) in [6.45, 7) is 5.31. The van der Waals surface area contributed by atoms with Crippen molar-refractivity contribution in [2.24, 2.45) is 5.92 Å². The zero-order chi connectivity index (χ0) is 16.9. The van der Waals surface area contributed by atoms with Crippen molar-refractivity contribution in [1.29, 1.82) is 0 Å². The smallest absolute Gasteiger partial charge is 0.327 e. The number of hydrogen-bond donors (Lipinski definition) is 0. The first-order valence-corrected chi connectivity index (χ1v) is 8.97. The molecule has 3 rings (SSSR count). The van der Waals surface area contributed by atoms with Gasteiger partial charge in [0.05, 0.1) is 7.11 Å². The van der Waals surface area contributed by atoms with Crippen molar-refractivity contribution in [3.05, 3.63) is 35.6 Å². The third-order valence-corrected chi connectivity index (χ3v) is 5.26. The van der Waals surface area contributed by atoms with Crippen molar-refractivity contribution in [1.82, 2.24) is 9.80 Å². The largest absolute Gasteiger partial charge is 0.468 e. The van der Waals surface area contributed by atoms with Crippen LogP contribution in [0.4, 0.5) is 4.39 Å². The highest BCUT2D eigenvalue weighted by Gasteiger charge is 2.34. The van der Waals surface area contributed by atoms with Crippen LogP contribution in [0.5, 0.6) is 0 Å². The maximum Gasteiger partial charge on any atom is 0.327 e. The summed E-state index contributed by atoms with van der Waals surface area (Å²) in [5.74, 6) is 0.0442. The van der Waals surface area contributed by atoms with E-state index in [1.54, 1.807) is 12.1 Å². The standard InChI is InChI=1S/C19H27FN2O2/c1-24-19(23)18(16-5-7-17(20)8-6-16)22-12-9-15(14-22)13-21-10-3-2-4-11-21/h5-8,15,18H,2-4,9-14H2,1H3/t15-,18-/m0/s1. The molecule has 1 aromatic carbocycles. The van der Waals surface area contributed by atoms with E-state index in [2.05, 4.69) is 9.80 Å². The van der Waals surface area contributed by atoms with E-state index in [4.69, 9.17) is 4.74 Å². The highest BCUT2D eigenvalue weighted by molar-refractivity contribution is 5.77. The third-order valence-electron chi connectivity index (χ3n) is 5.26. The fourth-order valence-corrected chi connectivity index (χ4v) is 4.01. The minimum atomic E-state index is -0.429. The van der Waals surface area contributed by atoms with E-state index in [1.807, 2.05) is 0 Å². The second-order valence-corrected chi connectivity index (χ2v) is 6.99. The van der Waals surface area contributed by atoms with Gasteiger partial charge in [-0.25, -0.2) is 9.18 Å². The summed E-state index contributed by atoms with van der Waals surface area (Å²) in [7, 11) is 1.42. The zero-order valence-corrected chi connectivity index (χ0v) is 14.4. The van der Waals surface area contributed by atoms with Crippen LogP contribution in [-0.2, 0) is 9.53 Å². The summed E-state index contributed by atoms with van der Waals surface area (Å²) < 4.78 is 18.2. The van der Waals surface area contributed by atoms with Crippen LogP contribution < -0.4 is 0 Å². The number of benzene rings is 1. The number of carbonyl (C=O) groups excluding carboxylic acids is 1. The highest BCUT2D eigenvalue weighted by atomic mass is 19.1. The number of methoxy groups -OCH3 is 1. The molecule has 2 aliphatic rings. The Kier molecular flexibility index (Phi) is 5.85. The van der Waals surface area contributed by atoms with Gasteiger partial charge >= 0.3 is 5.97 Å². The molecule has 2 heterocycles. The molecule has 0 N–H and O–H groups in total. The Balaban J connectivity index is 1.65. The SMILES string of the molecule is COC(=O)[C@H](c1ccc(F)cc1)N1CC[C@@H](CN2CCCCC2)C1. The summed E-state index contributed by atoms with van der Waals surface area (Å²) >= 11 is 0. The van der Waals surface area contributed by atoms with Gasteiger partial charge in [0, 0.05) is 13.1 Å². The Labute approximate surface area is 143 Å². The van der Waals surface area contributed by atoms with Crippen LogP contribution in [0.25, 0.3) is 0 Å². The lowest BCUT2D eigenvalue weighted by Crippen LogP contribution is -2.37. The van der Waals surface area contributed by atoms with Crippen LogP contribution in [0.1, 0.15) is 37.3 Å². The summed E-state index contributed by atoms with van der Waals surface area (Å²) in [5.41, 5.74) is 0.807. The monoisotopic (exact) mass is 334 g/mol. The lowest BCUT2D eigenvalue weighted by molar-refractivity contribution is -0.147. The number of hydrogen-bond acceptors (Lipinski definition) is 4. The molecule has 0 amide bonds. The van der Waals surface area contributed by atoms with E-state index >= 15 is 0 Å². The quantitative estimate of drug-likeness (QED) is 0.775. The number of rotatable bonds is 5. The highest BCUT2D eigenvalue weighted by Crippen LogP contribution is 2.29. The van der Waals surface area contributed by atoms with Gasteiger partial charge in [0.15, 0.2) is 0 Å². The Bertz CT molecular complexity index is 543. The Morgan fingerprint density at radius 2 is 1.92 bits per heavy atom. The van der Waals surface area contributed by atoms with Gasteiger partial charge in [-0.05, 0) is 62.5 Å². The molecule has 0 aromatic heterocycles. The maximum absolute atomic E-state index is 13.2. The first kappa shape index (κ1) is 17.4. The molecule has 0 bridgehead atoms. The van der Waals surface area contributed by atoms with E-state index in [-0.39, 0.29) is 11.8 Å². The van der Waals surface area contributed by atoms with Gasteiger partial charge in [-0.15, -0.1) is 0 Å². The topological polar surface area (TPSA) is 32.8 Å². The molecule has 132 valence electrons. The number of carbonyl (C=O) groups is 1. The molecule has 0 spiro atoms. The van der Waals surface area contributed by atoms with Gasteiger partial charge in [-0.3, -0.25) is 4.90 Å². The molecule has 1 aromatic rings. The van der Waals surface area contributed by atoms with Crippen LogP contribution in [0.2, 0.25) is 0 Å². The molecule has 5 heteroatoms. The fourth-order valence-electron chi connectivity index (χ4n) is 4.01. The van der Waals surface area contributed by atoms with Crippen molar-refractivity contribution in [3.8, 4) is 0 Å².